The van der Waals surface area contributed by atoms with Gasteiger partial charge in [0.15, 0.2) is 0 Å². The number of benzene rings is 1. The third kappa shape index (κ3) is 4.21. The molecular weight excluding hydrogens is 202 g/mol. The zero-order chi connectivity index (χ0) is 12.0. The Morgan fingerprint density at radius 3 is 2.38 bits per heavy atom. The highest BCUT2D eigenvalue weighted by Crippen LogP contribution is 2.12. The van der Waals surface area contributed by atoms with Gasteiger partial charge in [-0.1, -0.05) is 12.1 Å². The molecule has 0 bridgehead atoms. The molecule has 0 aliphatic rings. The van der Waals surface area contributed by atoms with Crippen LogP contribution < -0.4 is 0 Å². The maximum absolute atomic E-state index is 9.21. The van der Waals surface area contributed by atoms with Crippen molar-refractivity contribution < 1.29 is 9.84 Å². The van der Waals surface area contributed by atoms with Gasteiger partial charge in [0, 0.05) is 26.2 Å². The van der Waals surface area contributed by atoms with Gasteiger partial charge in [-0.25, -0.2) is 0 Å². The van der Waals surface area contributed by atoms with E-state index in [9.17, 15) is 5.11 Å². The second kappa shape index (κ2) is 6.51. The molecule has 90 valence electrons. The second-order valence-electron chi connectivity index (χ2n) is 4.22. The van der Waals surface area contributed by atoms with E-state index in [0.29, 0.717) is 11.8 Å². The van der Waals surface area contributed by atoms with Crippen molar-refractivity contribution in [1.29, 1.82) is 0 Å². The average Bonchev–Trinajstić information content (AvgIpc) is 2.26. The SMILES string of the molecule is COCCN(Cc1ccc(O)cc1)C(C)C. The van der Waals surface area contributed by atoms with Gasteiger partial charge in [-0.05, 0) is 31.5 Å². The maximum Gasteiger partial charge on any atom is 0.115 e. The number of ether oxygens (including phenoxy) is 1. The van der Waals surface area contributed by atoms with E-state index in [0.717, 1.165) is 19.7 Å². The highest BCUT2D eigenvalue weighted by atomic mass is 16.5. The fourth-order valence-corrected chi connectivity index (χ4v) is 1.56. The third-order valence-electron chi connectivity index (χ3n) is 2.63. The van der Waals surface area contributed by atoms with E-state index < -0.39 is 0 Å². The molecule has 0 amide bonds. The Morgan fingerprint density at radius 1 is 1.25 bits per heavy atom. The van der Waals surface area contributed by atoms with Crippen LogP contribution in [-0.2, 0) is 11.3 Å². The van der Waals surface area contributed by atoms with Crippen LogP contribution in [-0.4, -0.2) is 36.3 Å². The number of phenolic OH excluding ortho intramolecular Hbond substituents is 1. The molecule has 0 aliphatic heterocycles. The summed E-state index contributed by atoms with van der Waals surface area (Å²) >= 11 is 0. The molecule has 0 aromatic heterocycles. The summed E-state index contributed by atoms with van der Waals surface area (Å²) in [6.07, 6.45) is 0. The van der Waals surface area contributed by atoms with Gasteiger partial charge in [-0.15, -0.1) is 0 Å². The number of hydrogen-bond donors (Lipinski definition) is 1. The Hall–Kier alpha value is -1.06. The minimum atomic E-state index is 0.316. The summed E-state index contributed by atoms with van der Waals surface area (Å²) in [5.74, 6) is 0.316. The van der Waals surface area contributed by atoms with Gasteiger partial charge in [-0.2, -0.15) is 0 Å². The number of nitrogens with zero attached hydrogens (tertiary/aromatic N) is 1. The van der Waals surface area contributed by atoms with Crippen molar-refractivity contribution in [2.45, 2.75) is 26.4 Å². The lowest BCUT2D eigenvalue weighted by atomic mass is 10.2. The van der Waals surface area contributed by atoms with E-state index in [1.54, 1.807) is 19.2 Å². The van der Waals surface area contributed by atoms with Crippen molar-refractivity contribution in [1.82, 2.24) is 4.90 Å². The molecule has 0 saturated heterocycles. The molecule has 16 heavy (non-hydrogen) atoms. The van der Waals surface area contributed by atoms with Crippen LogP contribution >= 0.6 is 0 Å². The minimum Gasteiger partial charge on any atom is -0.508 e. The first kappa shape index (κ1) is 13.0. The summed E-state index contributed by atoms with van der Waals surface area (Å²) in [6.45, 7) is 6.92. The quantitative estimate of drug-likeness (QED) is 0.803. The summed E-state index contributed by atoms with van der Waals surface area (Å²) in [5, 5.41) is 9.21. The standard InChI is InChI=1S/C13H21NO2/c1-11(2)14(8-9-16-3)10-12-4-6-13(15)7-5-12/h4-7,11,15H,8-10H2,1-3H3. The molecule has 0 unspecified atom stereocenters. The Morgan fingerprint density at radius 2 is 1.88 bits per heavy atom. The van der Waals surface area contributed by atoms with Crippen molar-refractivity contribution in [3.8, 4) is 5.75 Å². The summed E-state index contributed by atoms with van der Waals surface area (Å²) in [4.78, 5) is 2.34. The molecule has 1 aromatic carbocycles. The van der Waals surface area contributed by atoms with E-state index >= 15 is 0 Å². The van der Waals surface area contributed by atoms with Crippen molar-refractivity contribution in [2.75, 3.05) is 20.3 Å². The van der Waals surface area contributed by atoms with Gasteiger partial charge < -0.3 is 9.84 Å². The normalized spacial score (nSPS) is 11.3. The molecule has 0 radical (unpaired) electrons. The first-order valence-electron chi connectivity index (χ1n) is 5.64. The summed E-state index contributed by atoms with van der Waals surface area (Å²) in [6, 6.07) is 7.85. The van der Waals surface area contributed by atoms with E-state index in [1.807, 2.05) is 12.1 Å². The van der Waals surface area contributed by atoms with Gasteiger partial charge in [-0.3, -0.25) is 4.90 Å². The predicted octanol–water partition coefficient (Wildman–Crippen LogP) is 2.25. The van der Waals surface area contributed by atoms with E-state index in [2.05, 4.69) is 18.7 Å². The van der Waals surface area contributed by atoms with Gasteiger partial charge >= 0.3 is 0 Å². The highest BCUT2D eigenvalue weighted by molar-refractivity contribution is 5.25. The molecule has 0 aliphatic carbocycles. The topological polar surface area (TPSA) is 32.7 Å². The summed E-state index contributed by atoms with van der Waals surface area (Å²) < 4.78 is 5.10. The van der Waals surface area contributed by atoms with Crippen molar-refractivity contribution in [3.05, 3.63) is 29.8 Å². The molecule has 1 N–H and O–H groups in total. The van der Waals surface area contributed by atoms with Gasteiger partial charge in [0.25, 0.3) is 0 Å². The summed E-state index contributed by atoms with van der Waals surface area (Å²) in [5.41, 5.74) is 1.21. The average molecular weight is 223 g/mol. The van der Waals surface area contributed by atoms with E-state index in [-0.39, 0.29) is 0 Å². The molecule has 0 heterocycles. The van der Waals surface area contributed by atoms with Crippen molar-refractivity contribution in [3.63, 3.8) is 0 Å². The first-order valence-corrected chi connectivity index (χ1v) is 5.64. The van der Waals surface area contributed by atoms with Crippen LogP contribution in [0.4, 0.5) is 0 Å². The smallest absolute Gasteiger partial charge is 0.115 e. The lowest BCUT2D eigenvalue weighted by Gasteiger charge is -2.26. The Kier molecular flexibility index (Phi) is 5.29. The number of rotatable bonds is 6. The first-order chi connectivity index (χ1) is 7.63. The molecule has 1 aromatic rings. The largest absolute Gasteiger partial charge is 0.508 e. The Labute approximate surface area is 97.7 Å². The second-order valence-corrected chi connectivity index (χ2v) is 4.22. The fourth-order valence-electron chi connectivity index (χ4n) is 1.56. The maximum atomic E-state index is 9.21. The van der Waals surface area contributed by atoms with Crippen LogP contribution in [0.1, 0.15) is 19.4 Å². The molecule has 0 fully saturated rings. The monoisotopic (exact) mass is 223 g/mol. The number of hydrogen-bond acceptors (Lipinski definition) is 3. The zero-order valence-corrected chi connectivity index (χ0v) is 10.3. The van der Waals surface area contributed by atoms with Crippen molar-refractivity contribution in [2.24, 2.45) is 0 Å². The molecular formula is C13H21NO2. The molecule has 0 atom stereocenters. The minimum absolute atomic E-state index is 0.316. The molecule has 1 rings (SSSR count). The van der Waals surface area contributed by atoms with Crippen LogP contribution in [0.2, 0.25) is 0 Å². The number of phenols is 1. The lowest BCUT2D eigenvalue weighted by Crippen LogP contribution is -2.33. The molecule has 0 saturated carbocycles. The summed E-state index contributed by atoms with van der Waals surface area (Å²) in [7, 11) is 1.72. The predicted molar refractivity (Wildman–Crippen MR) is 65.5 cm³/mol. The Balaban J connectivity index is 2.57. The zero-order valence-electron chi connectivity index (χ0n) is 10.3. The van der Waals surface area contributed by atoms with Crippen LogP contribution in [0.3, 0.4) is 0 Å². The number of methoxy groups -OCH3 is 1. The molecule has 0 spiro atoms. The third-order valence-corrected chi connectivity index (χ3v) is 2.63. The highest BCUT2D eigenvalue weighted by Gasteiger charge is 2.09. The van der Waals surface area contributed by atoms with Crippen LogP contribution in [0.25, 0.3) is 0 Å². The molecule has 3 nitrogen and oxygen atoms in total. The van der Waals surface area contributed by atoms with Gasteiger partial charge in [0.2, 0.25) is 0 Å². The molecule has 3 heteroatoms. The Bertz CT molecular complexity index is 295. The number of aromatic hydroxyl groups is 1. The lowest BCUT2D eigenvalue weighted by molar-refractivity contribution is 0.125. The van der Waals surface area contributed by atoms with Crippen molar-refractivity contribution >= 4 is 0 Å². The van der Waals surface area contributed by atoms with E-state index in [4.69, 9.17) is 4.74 Å². The van der Waals surface area contributed by atoms with Gasteiger partial charge in [0.1, 0.15) is 5.75 Å². The van der Waals surface area contributed by atoms with Crippen LogP contribution in [0.15, 0.2) is 24.3 Å². The van der Waals surface area contributed by atoms with Crippen LogP contribution in [0, 0.1) is 0 Å². The van der Waals surface area contributed by atoms with Crippen LogP contribution in [0.5, 0.6) is 5.75 Å². The van der Waals surface area contributed by atoms with E-state index in [1.165, 1.54) is 5.56 Å². The fraction of sp³-hybridized carbons (Fsp3) is 0.538. The van der Waals surface area contributed by atoms with Gasteiger partial charge in [0.05, 0.1) is 6.61 Å².